The van der Waals surface area contributed by atoms with Crippen LogP contribution in [0.3, 0.4) is 0 Å². The van der Waals surface area contributed by atoms with Crippen molar-refractivity contribution in [1.82, 2.24) is 4.90 Å². The lowest BCUT2D eigenvalue weighted by Gasteiger charge is -2.34. The molecule has 3 nitrogen and oxygen atoms in total. The number of nitrogens with zero attached hydrogens (tertiary/aromatic N) is 1. The molecule has 5 heteroatoms. The first-order chi connectivity index (χ1) is 8.95. The Morgan fingerprint density at radius 1 is 1.32 bits per heavy atom. The van der Waals surface area contributed by atoms with E-state index in [1.807, 2.05) is 18.7 Å². The molecule has 0 aliphatic carbocycles. The van der Waals surface area contributed by atoms with Crippen molar-refractivity contribution in [3.05, 3.63) is 35.4 Å². The number of Topliss-reactive ketones (excluding diaryl/α,β-unsaturated/α-hetero) is 1. The molecule has 1 aliphatic rings. The lowest BCUT2D eigenvalue weighted by molar-refractivity contribution is -0.0652. The molecule has 19 heavy (non-hydrogen) atoms. The fraction of sp³-hybridized carbons (Fsp3) is 0.500. The van der Waals surface area contributed by atoms with E-state index >= 15 is 0 Å². The number of hydrogen-bond acceptors (Lipinski definition) is 3. The minimum absolute atomic E-state index is 0.0506. The van der Waals surface area contributed by atoms with Gasteiger partial charge in [-0.15, -0.1) is 0 Å². The molecule has 0 bridgehead atoms. The quantitative estimate of drug-likeness (QED) is 0.788. The third-order valence-electron chi connectivity index (χ3n) is 3.09. The van der Waals surface area contributed by atoms with Crippen LogP contribution in [-0.2, 0) is 4.74 Å². The molecule has 1 aromatic carbocycles. The molecule has 0 aromatic heterocycles. The largest absolute Gasteiger partial charge is 0.373 e. The van der Waals surface area contributed by atoms with Crippen molar-refractivity contribution in [2.75, 3.05) is 19.6 Å². The maximum absolute atomic E-state index is 13.5. The lowest BCUT2D eigenvalue weighted by Crippen LogP contribution is -2.47. The monoisotopic (exact) mass is 269 g/mol. The Kier molecular flexibility index (Phi) is 4.27. The van der Waals surface area contributed by atoms with Crippen molar-refractivity contribution < 1.29 is 18.3 Å². The van der Waals surface area contributed by atoms with Gasteiger partial charge in [-0.3, -0.25) is 9.69 Å². The molecule has 0 N–H and O–H groups in total. The number of benzene rings is 1. The van der Waals surface area contributed by atoms with Crippen molar-refractivity contribution in [3.63, 3.8) is 0 Å². The molecule has 1 fully saturated rings. The third-order valence-corrected chi connectivity index (χ3v) is 3.09. The summed E-state index contributed by atoms with van der Waals surface area (Å²) in [5, 5.41) is 0. The van der Waals surface area contributed by atoms with Gasteiger partial charge in [-0.1, -0.05) is 0 Å². The van der Waals surface area contributed by atoms with Crippen LogP contribution in [0, 0.1) is 11.6 Å². The normalized spacial score (nSPS) is 24.4. The maximum atomic E-state index is 13.5. The number of carbonyl (C=O) groups excluding carboxylic acids is 1. The SMILES string of the molecule is C[C@@H]1CN(CC(=O)c2ccc(F)cc2F)C[C@H](C)O1. The van der Waals surface area contributed by atoms with E-state index in [4.69, 9.17) is 4.74 Å². The van der Waals surface area contributed by atoms with Crippen LogP contribution in [0.15, 0.2) is 18.2 Å². The van der Waals surface area contributed by atoms with Crippen LogP contribution in [0.2, 0.25) is 0 Å². The van der Waals surface area contributed by atoms with E-state index in [1.165, 1.54) is 6.07 Å². The predicted molar refractivity (Wildman–Crippen MR) is 67.1 cm³/mol. The van der Waals surface area contributed by atoms with Crippen LogP contribution in [-0.4, -0.2) is 42.5 Å². The Morgan fingerprint density at radius 2 is 1.95 bits per heavy atom. The molecule has 104 valence electrons. The molecule has 2 atom stereocenters. The fourth-order valence-electron chi connectivity index (χ4n) is 2.42. The van der Waals surface area contributed by atoms with Crippen molar-refractivity contribution in [1.29, 1.82) is 0 Å². The van der Waals surface area contributed by atoms with Gasteiger partial charge in [-0.05, 0) is 26.0 Å². The number of halogens is 2. The zero-order valence-corrected chi connectivity index (χ0v) is 11.0. The van der Waals surface area contributed by atoms with E-state index in [2.05, 4.69) is 0 Å². The number of ether oxygens (including phenoxy) is 1. The Balaban J connectivity index is 2.04. The van der Waals surface area contributed by atoms with Gasteiger partial charge in [-0.25, -0.2) is 8.78 Å². The van der Waals surface area contributed by atoms with Crippen LogP contribution >= 0.6 is 0 Å². The van der Waals surface area contributed by atoms with Crippen molar-refractivity contribution >= 4 is 5.78 Å². The molecule has 0 saturated carbocycles. The average molecular weight is 269 g/mol. The topological polar surface area (TPSA) is 29.5 Å². The molecule has 2 rings (SSSR count). The van der Waals surface area contributed by atoms with Crippen LogP contribution in [0.5, 0.6) is 0 Å². The van der Waals surface area contributed by atoms with Gasteiger partial charge in [0.05, 0.1) is 24.3 Å². The Labute approximate surface area is 111 Å². The van der Waals surface area contributed by atoms with Crippen LogP contribution < -0.4 is 0 Å². The van der Waals surface area contributed by atoms with Crippen molar-refractivity contribution in [2.24, 2.45) is 0 Å². The molecule has 0 unspecified atom stereocenters. The highest BCUT2D eigenvalue weighted by molar-refractivity contribution is 5.97. The summed E-state index contributed by atoms with van der Waals surface area (Å²) in [7, 11) is 0. The molecular formula is C14H17F2NO2. The lowest BCUT2D eigenvalue weighted by atomic mass is 10.1. The summed E-state index contributed by atoms with van der Waals surface area (Å²) >= 11 is 0. The number of morpholine rings is 1. The second-order valence-electron chi connectivity index (χ2n) is 5.00. The van der Waals surface area contributed by atoms with Crippen molar-refractivity contribution in [2.45, 2.75) is 26.1 Å². The molecule has 0 spiro atoms. The Morgan fingerprint density at radius 3 is 2.53 bits per heavy atom. The summed E-state index contributed by atoms with van der Waals surface area (Å²) in [6.07, 6.45) is 0.101. The molecular weight excluding hydrogens is 252 g/mol. The molecule has 1 aromatic rings. The standard InChI is InChI=1S/C14H17F2NO2/c1-9-6-17(7-10(2)19-9)8-14(18)12-4-3-11(15)5-13(12)16/h3-5,9-10H,6-8H2,1-2H3/t9-,10+. The fourth-order valence-corrected chi connectivity index (χ4v) is 2.42. The van der Waals surface area contributed by atoms with Gasteiger partial charge >= 0.3 is 0 Å². The number of ketones is 1. The van der Waals surface area contributed by atoms with Crippen LogP contribution in [0.4, 0.5) is 8.78 Å². The predicted octanol–water partition coefficient (Wildman–Crippen LogP) is 2.26. The highest BCUT2D eigenvalue weighted by Crippen LogP contribution is 2.14. The van der Waals surface area contributed by atoms with Gasteiger partial charge in [0.1, 0.15) is 11.6 Å². The molecule has 1 heterocycles. The first-order valence-electron chi connectivity index (χ1n) is 6.31. The highest BCUT2D eigenvalue weighted by Gasteiger charge is 2.24. The van der Waals surface area contributed by atoms with E-state index in [9.17, 15) is 13.6 Å². The maximum Gasteiger partial charge on any atom is 0.179 e. The van der Waals surface area contributed by atoms with Gasteiger partial charge < -0.3 is 4.74 Å². The second kappa shape index (κ2) is 5.75. The van der Waals surface area contributed by atoms with E-state index in [0.717, 1.165) is 12.1 Å². The number of hydrogen-bond donors (Lipinski definition) is 0. The summed E-state index contributed by atoms with van der Waals surface area (Å²) in [5.74, 6) is -1.82. The molecule has 0 radical (unpaired) electrons. The van der Waals surface area contributed by atoms with Crippen molar-refractivity contribution in [3.8, 4) is 0 Å². The minimum atomic E-state index is -0.806. The summed E-state index contributed by atoms with van der Waals surface area (Å²) in [4.78, 5) is 13.9. The average Bonchev–Trinajstić information content (AvgIpc) is 2.26. The van der Waals surface area contributed by atoms with E-state index in [-0.39, 0.29) is 30.1 Å². The molecule has 0 amide bonds. The number of rotatable bonds is 3. The van der Waals surface area contributed by atoms with E-state index < -0.39 is 11.6 Å². The smallest absolute Gasteiger partial charge is 0.179 e. The van der Waals surface area contributed by atoms with Gasteiger partial charge in [0.15, 0.2) is 5.78 Å². The van der Waals surface area contributed by atoms with Gasteiger partial charge in [0.25, 0.3) is 0 Å². The van der Waals surface area contributed by atoms with Gasteiger partial charge in [-0.2, -0.15) is 0 Å². The number of carbonyl (C=O) groups is 1. The second-order valence-corrected chi connectivity index (χ2v) is 5.00. The minimum Gasteiger partial charge on any atom is -0.373 e. The zero-order valence-electron chi connectivity index (χ0n) is 11.0. The van der Waals surface area contributed by atoms with Crippen LogP contribution in [0.1, 0.15) is 24.2 Å². The van der Waals surface area contributed by atoms with Gasteiger partial charge in [0, 0.05) is 19.2 Å². The molecule has 1 saturated heterocycles. The summed E-state index contributed by atoms with van der Waals surface area (Å²) in [6.45, 7) is 5.27. The van der Waals surface area contributed by atoms with E-state index in [1.54, 1.807) is 0 Å². The molecule has 1 aliphatic heterocycles. The van der Waals surface area contributed by atoms with E-state index in [0.29, 0.717) is 13.1 Å². The Bertz CT molecular complexity index is 469. The zero-order chi connectivity index (χ0) is 14.0. The summed E-state index contributed by atoms with van der Waals surface area (Å²) in [5.41, 5.74) is -0.0619. The summed E-state index contributed by atoms with van der Waals surface area (Å²) in [6, 6.07) is 3.03. The first-order valence-corrected chi connectivity index (χ1v) is 6.31. The van der Waals surface area contributed by atoms with Gasteiger partial charge in [0.2, 0.25) is 0 Å². The first kappa shape index (κ1) is 14.1. The van der Waals surface area contributed by atoms with Crippen LogP contribution in [0.25, 0.3) is 0 Å². The summed E-state index contributed by atoms with van der Waals surface area (Å²) < 4.78 is 31.9. The Hall–Kier alpha value is -1.33. The third kappa shape index (κ3) is 3.58. The highest BCUT2D eigenvalue weighted by atomic mass is 19.1.